The maximum Gasteiger partial charge on any atom is 0.254 e. The van der Waals surface area contributed by atoms with E-state index >= 15 is 0 Å². The first-order chi connectivity index (χ1) is 8.18. The lowest BCUT2D eigenvalue weighted by atomic mass is 10.1. The molecule has 1 aliphatic rings. The van der Waals surface area contributed by atoms with Crippen LogP contribution in [-0.2, 0) is 0 Å². The highest BCUT2D eigenvalue weighted by molar-refractivity contribution is 6.34. The summed E-state index contributed by atoms with van der Waals surface area (Å²) in [5.41, 5.74) is 6.59. The minimum Gasteiger partial charge on any atom is -0.398 e. The van der Waals surface area contributed by atoms with Gasteiger partial charge in [0, 0.05) is 12.2 Å². The van der Waals surface area contributed by atoms with Gasteiger partial charge < -0.3 is 11.1 Å². The summed E-state index contributed by atoms with van der Waals surface area (Å²) in [6.45, 7) is 0.726. The highest BCUT2D eigenvalue weighted by atomic mass is 35.5. The summed E-state index contributed by atoms with van der Waals surface area (Å²) in [5.74, 6) is 0.447. The van der Waals surface area contributed by atoms with Crippen molar-refractivity contribution in [1.29, 1.82) is 0 Å². The van der Waals surface area contributed by atoms with Gasteiger partial charge in [-0.2, -0.15) is 0 Å². The molecule has 0 heterocycles. The number of nitrogen functional groups attached to an aromatic ring is 1. The van der Waals surface area contributed by atoms with Crippen LogP contribution in [0.1, 0.15) is 36.0 Å². The van der Waals surface area contributed by atoms with E-state index in [1.807, 2.05) is 0 Å². The molecule has 1 saturated carbocycles. The summed E-state index contributed by atoms with van der Waals surface area (Å²) in [5, 5.41) is 3.33. The third-order valence-corrected chi connectivity index (χ3v) is 3.61. The fraction of sp³-hybridized carbons (Fsp3) is 0.462. The maximum atomic E-state index is 12.0. The van der Waals surface area contributed by atoms with Crippen molar-refractivity contribution in [2.45, 2.75) is 25.7 Å². The topological polar surface area (TPSA) is 55.1 Å². The van der Waals surface area contributed by atoms with Gasteiger partial charge in [0.2, 0.25) is 0 Å². The van der Waals surface area contributed by atoms with Gasteiger partial charge >= 0.3 is 0 Å². The molecule has 0 aliphatic heterocycles. The van der Waals surface area contributed by atoms with Crippen molar-refractivity contribution in [2.75, 3.05) is 12.3 Å². The Labute approximate surface area is 106 Å². The summed E-state index contributed by atoms with van der Waals surface area (Å²) in [4.78, 5) is 12.0. The number of carbonyl (C=O) groups excluding carboxylic acids is 1. The molecule has 3 N–H and O–H groups in total. The second-order valence-corrected chi connectivity index (χ2v) is 4.97. The average Bonchev–Trinajstić information content (AvgIpc) is 2.79. The van der Waals surface area contributed by atoms with E-state index < -0.39 is 0 Å². The number of benzene rings is 1. The average molecular weight is 253 g/mol. The van der Waals surface area contributed by atoms with Crippen LogP contribution in [0.25, 0.3) is 0 Å². The molecule has 92 valence electrons. The van der Waals surface area contributed by atoms with Gasteiger partial charge in [-0.3, -0.25) is 4.79 Å². The number of rotatable bonds is 3. The van der Waals surface area contributed by atoms with Crippen molar-refractivity contribution in [3.63, 3.8) is 0 Å². The molecule has 0 atom stereocenters. The number of hydrogen-bond acceptors (Lipinski definition) is 2. The summed E-state index contributed by atoms with van der Waals surface area (Å²) in [6.07, 6.45) is 4.96. The van der Waals surface area contributed by atoms with E-state index in [0.29, 0.717) is 22.2 Å². The van der Waals surface area contributed by atoms with Crippen LogP contribution in [0.5, 0.6) is 0 Å². The Morgan fingerprint density at radius 2 is 2.12 bits per heavy atom. The second kappa shape index (κ2) is 5.41. The predicted octanol–water partition coefficient (Wildman–Crippen LogP) is 2.84. The number of halogens is 1. The zero-order valence-corrected chi connectivity index (χ0v) is 10.5. The molecule has 0 saturated heterocycles. The van der Waals surface area contributed by atoms with Gasteiger partial charge in [0.25, 0.3) is 5.91 Å². The molecule has 1 aromatic rings. The van der Waals surface area contributed by atoms with Crippen LogP contribution in [0.2, 0.25) is 5.02 Å². The van der Waals surface area contributed by atoms with Crippen LogP contribution in [-0.4, -0.2) is 12.5 Å². The van der Waals surface area contributed by atoms with Crippen LogP contribution >= 0.6 is 11.6 Å². The first kappa shape index (κ1) is 12.2. The van der Waals surface area contributed by atoms with E-state index in [2.05, 4.69) is 5.32 Å². The molecule has 0 spiro atoms. The Kier molecular flexibility index (Phi) is 3.89. The Bertz CT molecular complexity index is 394. The molecule has 1 amide bonds. The Balaban J connectivity index is 1.99. The number of hydrogen-bond donors (Lipinski definition) is 2. The van der Waals surface area contributed by atoms with Crippen LogP contribution in [0, 0.1) is 5.92 Å². The van der Waals surface area contributed by atoms with Crippen LogP contribution in [0.15, 0.2) is 18.2 Å². The van der Waals surface area contributed by atoms with Crippen molar-refractivity contribution in [3.8, 4) is 0 Å². The molecule has 1 aromatic carbocycles. The van der Waals surface area contributed by atoms with Crippen LogP contribution in [0.4, 0.5) is 5.69 Å². The molecule has 3 nitrogen and oxygen atoms in total. The Morgan fingerprint density at radius 3 is 2.76 bits per heavy atom. The molecule has 1 fully saturated rings. The molecule has 0 aromatic heterocycles. The summed E-state index contributed by atoms with van der Waals surface area (Å²) in [7, 11) is 0. The van der Waals surface area contributed by atoms with Gasteiger partial charge in [-0.1, -0.05) is 30.5 Å². The molecule has 2 rings (SSSR count). The largest absolute Gasteiger partial charge is 0.398 e. The van der Waals surface area contributed by atoms with Crippen molar-refractivity contribution in [3.05, 3.63) is 28.8 Å². The van der Waals surface area contributed by atoms with Gasteiger partial charge in [0.1, 0.15) is 0 Å². The van der Waals surface area contributed by atoms with E-state index in [1.54, 1.807) is 18.2 Å². The van der Waals surface area contributed by atoms with E-state index in [1.165, 1.54) is 25.7 Å². The fourth-order valence-electron chi connectivity index (χ4n) is 2.32. The van der Waals surface area contributed by atoms with Gasteiger partial charge in [-0.15, -0.1) is 0 Å². The monoisotopic (exact) mass is 252 g/mol. The number of nitrogens with two attached hydrogens (primary N) is 1. The minimum absolute atomic E-state index is 0.167. The van der Waals surface area contributed by atoms with E-state index in [9.17, 15) is 4.79 Å². The van der Waals surface area contributed by atoms with Crippen LogP contribution < -0.4 is 11.1 Å². The molecule has 0 unspecified atom stereocenters. The highest BCUT2D eigenvalue weighted by Crippen LogP contribution is 2.25. The number of amides is 1. The number of carbonyl (C=O) groups is 1. The molecule has 17 heavy (non-hydrogen) atoms. The van der Waals surface area contributed by atoms with Crippen molar-refractivity contribution < 1.29 is 4.79 Å². The smallest absolute Gasteiger partial charge is 0.254 e. The van der Waals surface area contributed by atoms with Gasteiger partial charge in [-0.25, -0.2) is 0 Å². The zero-order valence-electron chi connectivity index (χ0n) is 9.71. The van der Waals surface area contributed by atoms with Crippen molar-refractivity contribution in [1.82, 2.24) is 5.32 Å². The van der Waals surface area contributed by atoms with Gasteiger partial charge in [0.15, 0.2) is 0 Å². The van der Waals surface area contributed by atoms with Crippen LogP contribution in [0.3, 0.4) is 0 Å². The zero-order chi connectivity index (χ0) is 12.3. The number of anilines is 1. The van der Waals surface area contributed by atoms with E-state index in [4.69, 9.17) is 17.3 Å². The van der Waals surface area contributed by atoms with E-state index in [-0.39, 0.29) is 5.91 Å². The lowest BCUT2D eigenvalue weighted by Crippen LogP contribution is -2.29. The second-order valence-electron chi connectivity index (χ2n) is 4.56. The minimum atomic E-state index is -0.167. The first-order valence-electron chi connectivity index (χ1n) is 6.00. The lowest BCUT2D eigenvalue weighted by Gasteiger charge is -2.12. The first-order valence-corrected chi connectivity index (χ1v) is 6.38. The molecular formula is C13H17ClN2O. The SMILES string of the molecule is Nc1cccc(Cl)c1C(=O)NCC1CCCC1. The third-order valence-electron chi connectivity index (χ3n) is 3.30. The Hall–Kier alpha value is -1.22. The molecule has 0 bridgehead atoms. The van der Waals surface area contributed by atoms with Gasteiger partial charge in [-0.05, 0) is 30.9 Å². The van der Waals surface area contributed by atoms with E-state index in [0.717, 1.165) is 6.54 Å². The molecule has 4 heteroatoms. The fourth-order valence-corrected chi connectivity index (χ4v) is 2.59. The van der Waals surface area contributed by atoms with Crippen molar-refractivity contribution >= 4 is 23.2 Å². The molecule has 1 aliphatic carbocycles. The van der Waals surface area contributed by atoms with Gasteiger partial charge in [0.05, 0.1) is 10.6 Å². The molecule has 0 radical (unpaired) electrons. The summed E-state index contributed by atoms with van der Waals surface area (Å²) >= 11 is 5.98. The maximum absolute atomic E-state index is 12.0. The quantitative estimate of drug-likeness (QED) is 0.813. The third kappa shape index (κ3) is 2.91. The normalized spacial score (nSPS) is 16.1. The predicted molar refractivity (Wildman–Crippen MR) is 70.2 cm³/mol. The Morgan fingerprint density at radius 1 is 1.41 bits per heavy atom. The standard InChI is InChI=1S/C13H17ClN2O/c14-10-6-3-7-11(15)12(10)13(17)16-8-9-4-1-2-5-9/h3,6-7,9H,1-2,4-5,8,15H2,(H,16,17). The van der Waals surface area contributed by atoms with Crippen molar-refractivity contribution in [2.24, 2.45) is 5.92 Å². The lowest BCUT2D eigenvalue weighted by molar-refractivity contribution is 0.0948. The summed E-state index contributed by atoms with van der Waals surface area (Å²) < 4.78 is 0. The summed E-state index contributed by atoms with van der Waals surface area (Å²) in [6, 6.07) is 5.12. The highest BCUT2D eigenvalue weighted by Gasteiger charge is 2.18. The number of nitrogens with one attached hydrogen (secondary N) is 1. The molecular weight excluding hydrogens is 236 g/mol.